The fourth-order valence-electron chi connectivity index (χ4n) is 3.27. The van der Waals surface area contributed by atoms with Crippen molar-refractivity contribution < 1.29 is 5.11 Å². The van der Waals surface area contributed by atoms with Crippen molar-refractivity contribution in [2.45, 2.75) is 20.3 Å². The standard InChI is InChI=1S/C23H28BrN5O/c1-4-5-9-17(2)16-28(3)13-8-12-25-22-14-20(18-10-6-7-11-21(18)30)27-23-19(24)15-26-29(22)23/h4-7,9-11,14-15,25,30H,8,12-13,16H2,1-3H3/b5-4-,17-9+. The van der Waals surface area contributed by atoms with Gasteiger partial charge in [0, 0.05) is 24.7 Å². The number of phenols is 1. The highest BCUT2D eigenvalue weighted by molar-refractivity contribution is 9.10. The average molecular weight is 470 g/mol. The number of rotatable bonds is 9. The van der Waals surface area contributed by atoms with E-state index in [4.69, 9.17) is 0 Å². The molecule has 0 atom stereocenters. The maximum absolute atomic E-state index is 10.2. The minimum absolute atomic E-state index is 0.207. The fraction of sp³-hybridized carbons (Fsp3) is 0.304. The van der Waals surface area contributed by atoms with E-state index in [1.165, 1.54) is 5.57 Å². The molecule has 0 aliphatic carbocycles. The van der Waals surface area contributed by atoms with Gasteiger partial charge in [-0.05, 0) is 61.9 Å². The van der Waals surface area contributed by atoms with Crippen molar-refractivity contribution in [1.29, 1.82) is 0 Å². The summed E-state index contributed by atoms with van der Waals surface area (Å²) in [6, 6.07) is 9.15. The van der Waals surface area contributed by atoms with Gasteiger partial charge in [-0.3, -0.25) is 0 Å². The van der Waals surface area contributed by atoms with Crippen molar-refractivity contribution in [2.24, 2.45) is 0 Å². The average Bonchev–Trinajstić information content (AvgIpc) is 3.11. The topological polar surface area (TPSA) is 65.7 Å². The molecule has 158 valence electrons. The van der Waals surface area contributed by atoms with Crippen LogP contribution in [0.2, 0.25) is 0 Å². The molecule has 2 N–H and O–H groups in total. The highest BCUT2D eigenvalue weighted by Crippen LogP contribution is 2.31. The zero-order valence-electron chi connectivity index (χ0n) is 17.6. The first kappa shape index (κ1) is 22.1. The van der Waals surface area contributed by atoms with Gasteiger partial charge in [-0.15, -0.1) is 0 Å². The molecule has 0 unspecified atom stereocenters. The zero-order valence-corrected chi connectivity index (χ0v) is 19.2. The molecule has 2 aromatic heterocycles. The van der Waals surface area contributed by atoms with Gasteiger partial charge >= 0.3 is 0 Å². The van der Waals surface area contributed by atoms with E-state index in [1.807, 2.05) is 31.2 Å². The number of nitrogens with zero attached hydrogens (tertiary/aromatic N) is 4. The van der Waals surface area contributed by atoms with Gasteiger partial charge in [-0.1, -0.05) is 35.9 Å². The van der Waals surface area contributed by atoms with Gasteiger partial charge in [0.15, 0.2) is 5.65 Å². The van der Waals surface area contributed by atoms with Crippen molar-refractivity contribution in [3.63, 3.8) is 0 Å². The minimum Gasteiger partial charge on any atom is -0.507 e. The third-order valence-corrected chi connectivity index (χ3v) is 5.28. The van der Waals surface area contributed by atoms with Crippen LogP contribution >= 0.6 is 15.9 Å². The number of fused-ring (bicyclic) bond motifs is 1. The van der Waals surface area contributed by atoms with E-state index >= 15 is 0 Å². The number of benzene rings is 1. The van der Waals surface area contributed by atoms with E-state index in [-0.39, 0.29) is 5.75 Å². The molecular weight excluding hydrogens is 442 g/mol. The lowest BCUT2D eigenvalue weighted by atomic mass is 10.1. The van der Waals surface area contributed by atoms with Crippen LogP contribution in [-0.2, 0) is 0 Å². The summed E-state index contributed by atoms with van der Waals surface area (Å²) in [5.41, 5.74) is 3.44. The summed E-state index contributed by atoms with van der Waals surface area (Å²) in [5.74, 6) is 1.05. The molecule has 0 spiro atoms. The summed E-state index contributed by atoms with van der Waals surface area (Å²) in [6.45, 7) is 6.92. The van der Waals surface area contributed by atoms with Crippen molar-refractivity contribution in [1.82, 2.24) is 19.5 Å². The summed E-state index contributed by atoms with van der Waals surface area (Å²) >= 11 is 3.52. The van der Waals surface area contributed by atoms with Crippen molar-refractivity contribution in [3.8, 4) is 17.0 Å². The number of phenolic OH excluding ortho intramolecular Hbond substituents is 1. The first-order valence-electron chi connectivity index (χ1n) is 10.0. The summed E-state index contributed by atoms with van der Waals surface area (Å²) in [5, 5.41) is 18.1. The number of anilines is 1. The SMILES string of the molecule is C/C=C\C=C(/C)CN(C)CCCNc1cc(-c2ccccc2O)nc2c(Br)cnn12. The van der Waals surface area contributed by atoms with Crippen LogP contribution in [0, 0.1) is 0 Å². The van der Waals surface area contributed by atoms with Crippen LogP contribution in [0.1, 0.15) is 20.3 Å². The molecule has 6 nitrogen and oxygen atoms in total. The summed E-state index contributed by atoms with van der Waals surface area (Å²) in [7, 11) is 2.14. The molecule has 2 heterocycles. The van der Waals surface area contributed by atoms with Gasteiger partial charge < -0.3 is 15.3 Å². The van der Waals surface area contributed by atoms with Crippen LogP contribution in [0.4, 0.5) is 5.82 Å². The summed E-state index contributed by atoms with van der Waals surface area (Å²) in [6.07, 6.45) is 8.99. The molecule has 30 heavy (non-hydrogen) atoms. The molecule has 7 heteroatoms. The van der Waals surface area contributed by atoms with E-state index in [2.05, 4.69) is 62.4 Å². The maximum atomic E-state index is 10.2. The molecule has 1 aromatic carbocycles. The van der Waals surface area contributed by atoms with Gasteiger partial charge in [0.2, 0.25) is 0 Å². The Balaban J connectivity index is 1.69. The van der Waals surface area contributed by atoms with E-state index in [0.717, 1.165) is 36.3 Å². The third-order valence-electron chi connectivity index (χ3n) is 4.72. The van der Waals surface area contributed by atoms with Crippen LogP contribution in [0.5, 0.6) is 5.75 Å². The molecule has 0 radical (unpaired) electrons. The van der Waals surface area contributed by atoms with Crippen molar-refractivity contribution in [3.05, 3.63) is 64.8 Å². The molecule has 0 aliphatic rings. The lowest BCUT2D eigenvalue weighted by molar-refractivity contribution is 0.360. The number of hydrogen-bond donors (Lipinski definition) is 2. The predicted octanol–water partition coefficient (Wildman–Crippen LogP) is 5.12. The predicted molar refractivity (Wildman–Crippen MR) is 127 cm³/mol. The van der Waals surface area contributed by atoms with Gasteiger partial charge in [-0.2, -0.15) is 9.61 Å². The Labute approximate surface area is 186 Å². The number of para-hydroxylation sites is 1. The second-order valence-electron chi connectivity index (χ2n) is 7.33. The number of allylic oxidation sites excluding steroid dienone is 3. The van der Waals surface area contributed by atoms with E-state index in [1.54, 1.807) is 22.8 Å². The number of nitrogens with one attached hydrogen (secondary N) is 1. The molecule has 0 bridgehead atoms. The largest absolute Gasteiger partial charge is 0.507 e. The Kier molecular flexibility index (Phi) is 7.65. The van der Waals surface area contributed by atoms with E-state index < -0.39 is 0 Å². The number of halogens is 1. The number of likely N-dealkylation sites (N-methyl/N-ethyl adjacent to an activating group) is 1. The molecule has 0 amide bonds. The number of aromatic nitrogens is 3. The van der Waals surface area contributed by atoms with Crippen LogP contribution in [0.25, 0.3) is 16.9 Å². The first-order valence-corrected chi connectivity index (χ1v) is 10.8. The molecule has 0 saturated heterocycles. The highest BCUT2D eigenvalue weighted by Gasteiger charge is 2.13. The quantitative estimate of drug-likeness (QED) is 0.336. The molecule has 0 saturated carbocycles. The Morgan fingerprint density at radius 2 is 2.13 bits per heavy atom. The summed E-state index contributed by atoms with van der Waals surface area (Å²) in [4.78, 5) is 6.99. The number of aromatic hydroxyl groups is 1. The Morgan fingerprint density at radius 3 is 2.90 bits per heavy atom. The van der Waals surface area contributed by atoms with Gasteiger partial charge in [0.1, 0.15) is 11.6 Å². The lowest BCUT2D eigenvalue weighted by Crippen LogP contribution is -2.23. The van der Waals surface area contributed by atoms with Crippen LogP contribution in [0.15, 0.2) is 64.8 Å². The Hall–Kier alpha value is -2.64. The fourth-order valence-corrected chi connectivity index (χ4v) is 3.62. The highest BCUT2D eigenvalue weighted by atomic mass is 79.9. The van der Waals surface area contributed by atoms with E-state index in [0.29, 0.717) is 16.9 Å². The van der Waals surface area contributed by atoms with E-state index in [9.17, 15) is 5.11 Å². The smallest absolute Gasteiger partial charge is 0.172 e. The molecular formula is C23H28BrN5O. The summed E-state index contributed by atoms with van der Waals surface area (Å²) < 4.78 is 2.59. The molecule has 3 aromatic rings. The van der Waals surface area contributed by atoms with Gasteiger partial charge in [-0.25, -0.2) is 4.98 Å². The van der Waals surface area contributed by atoms with Crippen LogP contribution < -0.4 is 5.32 Å². The monoisotopic (exact) mass is 469 g/mol. The normalized spacial score (nSPS) is 12.4. The Morgan fingerprint density at radius 1 is 1.33 bits per heavy atom. The number of hydrogen-bond acceptors (Lipinski definition) is 5. The zero-order chi connectivity index (χ0) is 21.5. The second-order valence-corrected chi connectivity index (χ2v) is 8.18. The van der Waals surface area contributed by atoms with Crippen LogP contribution in [-0.4, -0.2) is 51.3 Å². The minimum atomic E-state index is 0.207. The van der Waals surface area contributed by atoms with Crippen molar-refractivity contribution >= 4 is 27.4 Å². The van der Waals surface area contributed by atoms with Gasteiger partial charge in [0.05, 0.1) is 16.4 Å². The third kappa shape index (κ3) is 5.49. The molecule has 0 fully saturated rings. The van der Waals surface area contributed by atoms with Gasteiger partial charge in [0.25, 0.3) is 0 Å². The molecule has 3 rings (SSSR count). The molecule has 0 aliphatic heterocycles. The Bertz CT molecular complexity index is 1060. The lowest BCUT2D eigenvalue weighted by Gasteiger charge is -2.17. The second kappa shape index (κ2) is 10.4. The first-order chi connectivity index (χ1) is 14.5. The van der Waals surface area contributed by atoms with Crippen LogP contribution in [0.3, 0.4) is 0 Å². The maximum Gasteiger partial charge on any atom is 0.172 e. The van der Waals surface area contributed by atoms with Crippen molar-refractivity contribution in [2.75, 3.05) is 32.0 Å².